The molecule has 0 bridgehead atoms. The fourth-order valence-electron chi connectivity index (χ4n) is 2.33. The van der Waals surface area contributed by atoms with E-state index in [0.29, 0.717) is 16.7 Å². The van der Waals surface area contributed by atoms with Gasteiger partial charge in [-0.15, -0.1) is 11.3 Å². The van der Waals surface area contributed by atoms with Gasteiger partial charge >= 0.3 is 6.18 Å². The molecule has 1 amide bonds. The summed E-state index contributed by atoms with van der Waals surface area (Å²) in [7, 11) is 0. The van der Waals surface area contributed by atoms with Crippen LogP contribution >= 0.6 is 11.3 Å². The molecule has 0 atom stereocenters. The van der Waals surface area contributed by atoms with Gasteiger partial charge in [-0.2, -0.15) is 13.2 Å². The van der Waals surface area contributed by atoms with Gasteiger partial charge in [0.25, 0.3) is 0 Å². The van der Waals surface area contributed by atoms with Gasteiger partial charge in [-0.25, -0.2) is 0 Å². The molecule has 1 aromatic carbocycles. The minimum absolute atomic E-state index is 0.262. The Morgan fingerprint density at radius 2 is 1.90 bits per heavy atom. The number of hydrogen-bond donors (Lipinski definition) is 1. The van der Waals surface area contributed by atoms with Crippen molar-refractivity contribution in [3.05, 3.63) is 56.3 Å². The molecule has 112 valence electrons. The van der Waals surface area contributed by atoms with E-state index >= 15 is 0 Å². The minimum atomic E-state index is -4.37. The van der Waals surface area contributed by atoms with E-state index in [0.717, 1.165) is 21.9 Å². The van der Waals surface area contributed by atoms with Crippen LogP contribution in [-0.2, 0) is 12.6 Å². The molecule has 1 aromatic heterocycles. The second kappa shape index (κ2) is 5.52. The molecular weight excluding hydrogens is 299 g/mol. The molecule has 0 aliphatic carbocycles. The number of nitrogens with two attached hydrogens (primary N) is 1. The first-order valence-electron chi connectivity index (χ1n) is 6.25. The van der Waals surface area contributed by atoms with Gasteiger partial charge in [-0.3, -0.25) is 4.79 Å². The highest BCUT2D eigenvalue weighted by molar-refractivity contribution is 7.12. The van der Waals surface area contributed by atoms with Crippen LogP contribution < -0.4 is 5.73 Å². The molecule has 1 heterocycles. The Kier molecular flexibility index (Phi) is 4.09. The van der Waals surface area contributed by atoms with Gasteiger partial charge in [-0.05, 0) is 37.5 Å². The summed E-state index contributed by atoms with van der Waals surface area (Å²) in [6, 6.07) is 5.13. The first-order chi connectivity index (χ1) is 9.70. The number of amides is 1. The van der Waals surface area contributed by atoms with E-state index in [1.54, 1.807) is 13.0 Å². The summed E-state index contributed by atoms with van der Waals surface area (Å²) in [6.07, 6.45) is -4.11. The highest BCUT2D eigenvalue weighted by atomic mass is 32.1. The smallest absolute Gasteiger partial charge is 0.366 e. The monoisotopic (exact) mass is 313 g/mol. The normalized spacial score (nSPS) is 11.7. The zero-order valence-corrected chi connectivity index (χ0v) is 12.4. The third-order valence-electron chi connectivity index (χ3n) is 3.27. The molecule has 2 nitrogen and oxygen atoms in total. The summed E-state index contributed by atoms with van der Waals surface area (Å²) in [5.41, 5.74) is 6.33. The fourth-order valence-corrected chi connectivity index (χ4v) is 3.41. The number of primary amides is 1. The number of benzene rings is 1. The van der Waals surface area contributed by atoms with Crippen molar-refractivity contribution in [1.82, 2.24) is 0 Å². The lowest BCUT2D eigenvalue weighted by Crippen LogP contribution is -2.14. The number of rotatable bonds is 3. The van der Waals surface area contributed by atoms with E-state index < -0.39 is 17.6 Å². The summed E-state index contributed by atoms with van der Waals surface area (Å²) in [5.74, 6) is -0.543. The summed E-state index contributed by atoms with van der Waals surface area (Å²) in [5, 5.41) is 0. The van der Waals surface area contributed by atoms with Crippen molar-refractivity contribution in [3.8, 4) is 0 Å². The number of carbonyl (C=O) groups is 1. The van der Waals surface area contributed by atoms with Crippen molar-refractivity contribution < 1.29 is 18.0 Å². The van der Waals surface area contributed by atoms with E-state index in [1.807, 2.05) is 6.92 Å². The van der Waals surface area contributed by atoms with Crippen LogP contribution in [0.5, 0.6) is 0 Å². The van der Waals surface area contributed by atoms with Crippen molar-refractivity contribution in [2.75, 3.05) is 0 Å². The van der Waals surface area contributed by atoms with Crippen molar-refractivity contribution in [2.24, 2.45) is 5.73 Å². The van der Waals surface area contributed by atoms with Crippen molar-refractivity contribution in [1.29, 1.82) is 0 Å². The SMILES string of the molecule is Cc1sc(C)c(C(N)=O)c1Cc1cccc(C(F)(F)F)c1. The van der Waals surface area contributed by atoms with Crippen LogP contribution in [0, 0.1) is 13.8 Å². The number of aryl methyl sites for hydroxylation is 2. The number of halogens is 3. The molecule has 2 rings (SSSR count). The van der Waals surface area contributed by atoms with Gasteiger partial charge in [0.1, 0.15) is 0 Å². The number of thiophene rings is 1. The van der Waals surface area contributed by atoms with E-state index in [4.69, 9.17) is 5.73 Å². The Balaban J connectivity index is 2.42. The zero-order chi connectivity index (χ0) is 15.8. The lowest BCUT2D eigenvalue weighted by atomic mass is 9.98. The van der Waals surface area contributed by atoms with E-state index in [-0.39, 0.29) is 6.42 Å². The Bertz CT molecular complexity index is 689. The van der Waals surface area contributed by atoms with E-state index in [2.05, 4.69) is 0 Å². The lowest BCUT2D eigenvalue weighted by Gasteiger charge is -2.09. The predicted octanol–water partition coefficient (Wildman–Crippen LogP) is 4.07. The third kappa shape index (κ3) is 3.26. The van der Waals surface area contributed by atoms with Crippen LogP contribution in [0.4, 0.5) is 13.2 Å². The molecule has 0 radical (unpaired) electrons. The Morgan fingerprint density at radius 1 is 1.24 bits per heavy atom. The summed E-state index contributed by atoms with van der Waals surface area (Å²) >= 11 is 1.43. The molecule has 2 aromatic rings. The number of alkyl halides is 3. The average molecular weight is 313 g/mol. The van der Waals surface area contributed by atoms with Crippen molar-refractivity contribution in [2.45, 2.75) is 26.4 Å². The van der Waals surface area contributed by atoms with Gasteiger partial charge in [0.15, 0.2) is 0 Å². The van der Waals surface area contributed by atoms with Gasteiger partial charge in [0.2, 0.25) is 5.91 Å². The highest BCUT2D eigenvalue weighted by Gasteiger charge is 2.30. The second-order valence-electron chi connectivity index (χ2n) is 4.81. The fraction of sp³-hybridized carbons (Fsp3) is 0.267. The maximum atomic E-state index is 12.7. The van der Waals surface area contributed by atoms with Gasteiger partial charge < -0.3 is 5.73 Å². The molecule has 0 saturated carbocycles. The molecule has 0 aliphatic heterocycles. The third-order valence-corrected chi connectivity index (χ3v) is 4.33. The standard InChI is InChI=1S/C15H14F3NOS/c1-8-12(13(14(19)20)9(2)21-8)7-10-4-3-5-11(6-10)15(16,17)18/h3-6H,7H2,1-2H3,(H2,19,20). The number of carbonyl (C=O) groups excluding carboxylic acids is 1. The van der Waals surface area contributed by atoms with E-state index in [1.165, 1.54) is 17.4 Å². The summed E-state index contributed by atoms with van der Waals surface area (Å²) < 4.78 is 38.2. The molecule has 6 heteroatoms. The lowest BCUT2D eigenvalue weighted by molar-refractivity contribution is -0.137. The molecule has 0 unspecified atom stereocenters. The van der Waals surface area contributed by atoms with Gasteiger partial charge in [0, 0.05) is 9.75 Å². The largest absolute Gasteiger partial charge is 0.416 e. The maximum absolute atomic E-state index is 12.7. The van der Waals surface area contributed by atoms with Crippen LogP contribution in [0.3, 0.4) is 0 Å². The van der Waals surface area contributed by atoms with Crippen LogP contribution in [0.25, 0.3) is 0 Å². The minimum Gasteiger partial charge on any atom is -0.366 e. The summed E-state index contributed by atoms with van der Waals surface area (Å²) in [6.45, 7) is 3.63. The molecule has 0 spiro atoms. The molecular formula is C15H14F3NOS. The average Bonchev–Trinajstić information content (AvgIpc) is 2.63. The van der Waals surface area contributed by atoms with Crippen LogP contribution in [0.15, 0.2) is 24.3 Å². The topological polar surface area (TPSA) is 43.1 Å². The molecule has 0 aliphatic rings. The first kappa shape index (κ1) is 15.6. The Morgan fingerprint density at radius 3 is 2.48 bits per heavy atom. The van der Waals surface area contributed by atoms with Crippen molar-refractivity contribution >= 4 is 17.2 Å². The van der Waals surface area contributed by atoms with Crippen LogP contribution in [0.2, 0.25) is 0 Å². The quantitative estimate of drug-likeness (QED) is 0.912. The van der Waals surface area contributed by atoms with E-state index in [9.17, 15) is 18.0 Å². The highest BCUT2D eigenvalue weighted by Crippen LogP contribution is 2.32. The number of hydrogen-bond acceptors (Lipinski definition) is 2. The van der Waals surface area contributed by atoms with Crippen molar-refractivity contribution in [3.63, 3.8) is 0 Å². The molecule has 21 heavy (non-hydrogen) atoms. The Hall–Kier alpha value is -1.82. The zero-order valence-electron chi connectivity index (χ0n) is 11.5. The maximum Gasteiger partial charge on any atom is 0.416 e. The van der Waals surface area contributed by atoms with Gasteiger partial charge in [-0.1, -0.05) is 18.2 Å². The predicted molar refractivity (Wildman–Crippen MR) is 76.6 cm³/mol. The van der Waals surface area contributed by atoms with Crippen LogP contribution in [-0.4, -0.2) is 5.91 Å². The summed E-state index contributed by atoms with van der Waals surface area (Å²) in [4.78, 5) is 13.2. The molecule has 2 N–H and O–H groups in total. The first-order valence-corrected chi connectivity index (χ1v) is 7.06. The second-order valence-corrected chi connectivity index (χ2v) is 6.24. The van der Waals surface area contributed by atoms with Crippen LogP contribution in [0.1, 0.15) is 36.8 Å². The van der Waals surface area contributed by atoms with Gasteiger partial charge in [0.05, 0.1) is 11.1 Å². The molecule has 0 fully saturated rings. The Labute approximate surface area is 124 Å². The molecule has 0 saturated heterocycles.